The van der Waals surface area contributed by atoms with E-state index in [1.54, 1.807) is 12.1 Å². The van der Waals surface area contributed by atoms with Gasteiger partial charge in [0.15, 0.2) is 5.78 Å². The molecule has 0 spiro atoms. The Bertz CT molecular complexity index is 649. The number of ketones is 1. The maximum atomic E-state index is 13.7. The second-order valence-corrected chi connectivity index (χ2v) is 6.10. The Hall–Kier alpha value is -2.03. The van der Waals surface area contributed by atoms with Gasteiger partial charge in [0.1, 0.15) is 11.6 Å². The topological polar surface area (TPSA) is 17.1 Å². The summed E-state index contributed by atoms with van der Waals surface area (Å²) in [5.41, 5.74) is 1.02. The molecule has 110 valence electrons. The Labute approximate surface area is 123 Å². The largest absolute Gasteiger partial charge is 0.294 e. The number of Topliss-reactive ketones (excluding diaryl/α,β-unsaturated/α-hetero) is 1. The molecule has 0 heterocycles. The molecule has 0 saturated carbocycles. The number of rotatable bonds is 3. The number of benzene rings is 2. The molecule has 0 bridgehead atoms. The second-order valence-electron chi connectivity index (χ2n) is 6.10. The first-order valence-electron chi connectivity index (χ1n) is 6.86. The maximum absolute atomic E-state index is 13.7. The van der Waals surface area contributed by atoms with Crippen LogP contribution in [0.25, 0.3) is 0 Å². The van der Waals surface area contributed by atoms with Gasteiger partial charge in [-0.15, -0.1) is 0 Å². The molecular formula is C18H18F2O. The van der Waals surface area contributed by atoms with Gasteiger partial charge in [-0.2, -0.15) is 0 Å². The molecule has 0 N–H and O–H groups in total. The summed E-state index contributed by atoms with van der Waals surface area (Å²) in [5.74, 6) is -1.64. The lowest BCUT2D eigenvalue weighted by Crippen LogP contribution is -2.18. The molecule has 2 rings (SSSR count). The summed E-state index contributed by atoms with van der Waals surface area (Å²) >= 11 is 0. The lowest BCUT2D eigenvalue weighted by Gasteiger charge is -2.22. The molecule has 0 aromatic heterocycles. The fourth-order valence-electron chi connectivity index (χ4n) is 2.34. The lowest BCUT2D eigenvalue weighted by molar-refractivity contribution is 0.0988. The van der Waals surface area contributed by atoms with Gasteiger partial charge in [-0.25, -0.2) is 8.78 Å². The van der Waals surface area contributed by atoms with E-state index in [2.05, 4.69) is 0 Å². The molecule has 0 aliphatic heterocycles. The van der Waals surface area contributed by atoms with Crippen molar-refractivity contribution in [2.75, 3.05) is 0 Å². The third-order valence-electron chi connectivity index (χ3n) is 3.43. The Morgan fingerprint density at radius 2 is 1.52 bits per heavy atom. The lowest BCUT2D eigenvalue weighted by atomic mass is 9.82. The normalized spacial score (nSPS) is 11.5. The summed E-state index contributed by atoms with van der Waals surface area (Å²) in [4.78, 5) is 12.5. The highest BCUT2D eigenvalue weighted by atomic mass is 19.1. The van der Waals surface area contributed by atoms with Crippen molar-refractivity contribution in [3.63, 3.8) is 0 Å². The van der Waals surface area contributed by atoms with Crippen molar-refractivity contribution in [2.45, 2.75) is 32.6 Å². The Balaban J connectivity index is 2.38. The van der Waals surface area contributed by atoms with E-state index >= 15 is 0 Å². The van der Waals surface area contributed by atoms with Crippen molar-refractivity contribution in [1.29, 1.82) is 0 Å². The first-order valence-corrected chi connectivity index (χ1v) is 6.86. The zero-order valence-corrected chi connectivity index (χ0v) is 12.4. The standard InChI is InChI=1S/C18H18F2O/c1-18(2,3)14-8-5-4-7-12(14)17(21)11-13-15(19)9-6-10-16(13)20/h4-10H,11H2,1-3H3. The third-order valence-corrected chi connectivity index (χ3v) is 3.43. The second kappa shape index (κ2) is 5.76. The van der Waals surface area contributed by atoms with Gasteiger partial charge in [0, 0.05) is 17.5 Å². The molecule has 0 atom stereocenters. The smallest absolute Gasteiger partial charge is 0.167 e. The van der Waals surface area contributed by atoms with Crippen molar-refractivity contribution in [1.82, 2.24) is 0 Å². The van der Waals surface area contributed by atoms with E-state index < -0.39 is 11.6 Å². The van der Waals surface area contributed by atoms with Crippen molar-refractivity contribution >= 4 is 5.78 Å². The molecule has 0 unspecified atom stereocenters. The molecule has 21 heavy (non-hydrogen) atoms. The monoisotopic (exact) mass is 288 g/mol. The molecular weight excluding hydrogens is 270 g/mol. The summed E-state index contributed by atoms with van der Waals surface area (Å²) < 4.78 is 27.3. The number of hydrogen-bond acceptors (Lipinski definition) is 1. The first-order chi connectivity index (χ1) is 9.80. The summed E-state index contributed by atoms with van der Waals surface area (Å²) in [6.45, 7) is 6.01. The van der Waals surface area contributed by atoms with E-state index in [1.807, 2.05) is 32.9 Å². The predicted octanol–water partition coefficient (Wildman–Crippen LogP) is 4.69. The van der Waals surface area contributed by atoms with Gasteiger partial charge < -0.3 is 0 Å². The van der Waals surface area contributed by atoms with Crippen LogP contribution in [-0.4, -0.2) is 5.78 Å². The fourth-order valence-corrected chi connectivity index (χ4v) is 2.34. The van der Waals surface area contributed by atoms with Crippen LogP contribution in [0.1, 0.15) is 42.3 Å². The third kappa shape index (κ3) is 3.35. The van der Waals surface area contributed by atoms with E-state index in [1.165, 1.54) is 18.2 Å². The molecule has 0 amide bonds. The number of hydrogen-bond donors (Lipinski definition) is 0. The summed E-state index contributed by atoms with van der Waals surface area (Å²) in [7, 11) is 0. The van der Waals surface area contributed by atoms with Crippen molar-refractivity contribution in [3.8, 4) is 0 Å². The zero-order chi connectivity index (χ0) is 15.6. The predicted molar refractivity (Wildman–Crippen MR) is 79.5 cm³/mol. The van der Waals surface area contributed by atoms with Crippen LogP contribution in [-0.2, 0) is 11.8 Å². The fraction of sp³-hybridized carbons (Fsp3) is 0.278. The highest BCUT2D eigenvalue weighted by molar-refractivity contribution is 5.99. The van der Waals surface area contributed by atoms with Gasteiger partial charge in [0.25, 0.3) is 0 Å². The molecule has 2 aromatic rings. The Kier molecular flexibility index (Phi) is 4.21. The summed E-state index contributed by atoms with van der Waals surface area (Å²) in [6.07, 6.45) is -0.272. The van der Waals surface area contributed by atoms with Crippen LogP contribution >= 0.6 is 0 Å². The van der Waals surface area contributed by atoms with Gasteiger partial charge >= 0.3 is 0 Å². The molecule has 0 radical (unpaired) electrons. The van der Waals surface area contributed by atoms with Crippen LogP contribution < -0.4 is 0 Å². The average Bonchev–Trinajstić information content (AvgIpc) is 2.42. The molecule has 3 heteroatoms. The Morgan fingerprint density at radius 3 is 2.10 bits per heavy atom. The van der Waals surface area contributed by atoms with Crippen LogP contribution in [0, 0.1) is 11.6 Å². The minimum absolute atomic E-state index is 0.175. The molecule has 0 fully saturated rings. The van der Waals surface area contributed by atoms with Gasteiger partial charge in [0.2, 0.25) is 0 Å². The van der Waals surface area contributed by atoms with E-state index in [-0.39, 0.29) is 23.2 Å². The number of carbonyl (C=O) groups excluding carboxylic acids is 1. The van der Waals surface area contributed by atoms with Gasteiger partial charge in [-0.3, -0.25) is 4.79 Å². The number of carbonyl (C=O) groups is 1. The van der Waals surface area contributed by atoms with Gasteiger partial charge in [-0.05, 0) is 23.1 Å². The average molecular weight is 288 g/mol. The van der Waals surface area contributed by atoms with Crippen molar-refractivity contribution < 1.29 is 13.6 Å². The van der Waals surface area contributed by atoms with E-state index in [0.717, 1.165) is 5.56 Å². The first kappa shape index (κ1) is 15.4. The van der Waals surface area contributed by atoms with Crippen LogP contribution in [0.15, 0.2) is 42.5 Å². The van der Waals surface area contributed by atoms with Crippen molar-refractivity contribution in [3.05, 3.63) is 70.8 Å². The maximum Gasteiger partial charge on any atom is 0.167 e. The summed E-state index contributed by atoms with van der Waals surface area (Å²) in [6, 6.07) is 10.8. The van der Waals surface area contributed by atoms with Gasteiger partial charge in [-0.1, -0.05) is 51.1 Å². The molecule has 0 aliphatic rings. The zero-order valence-electron chi connectivity index (χ0n) is 12.4. The highest BCUT2D eigenvalue weighted by Gasteiger charge is 2.22. The molecule has 1 nitrogen and oxygen atoms in total. The molecule has 0 saturated heterocycles. The quantitative estimate of drug-likeness (QED) is 0.749. The highest BCUT2D eigenvalue weighted by Crippen LogP contribution is 2.27. The van der Waals surface area contributed by atoms with Crippen LogP contribution in [0.2, 0.25) is 0 Å². The SMILES string of the molecule is CC(C)(C)c1ccccc1C(=O)Cc1c(F)cccc1F. The minimum Gasteiger partial charge on any atom is -0.294 e. The molecule has 2 aromatic carbocycles. The van der Waals surface area contributed by atoms with Crippen LogP contribution in [0.4, 0.5) is 8.78 Å². The number of halogens is 2. The Morgan fingerprint density at radius 1 is 0.952 bits per heavy atom. The van der Waals surface area contributed by atoms with E-state index in [4.69, 9.17) is 0 Å². The minimum atomic E-state index is -0.684. The van der Waals surface area contributed by atoms with Crippen molar-refractivity contribution in [2.24, 2.45) is 0 Å². The molecule has 0 aliphatic carbocycles. The summed E-state index contributed by atoms with van der Waals surface area (Å²) in [5, 5.41) is 0. The van der Waals surface area contributed by atoms with Crippen LogP contribution in [0.3, 0.4) is 0 Å². The van der Waals surface area contributed by atoms with Crippen LogP contribution in [0.5, 0.6) is 0 Å². The van der Waals surface area contributed by atoms with Gasteiger partial charge in [0.05, 0.1) is 0 Å². The van der Waals surface area contributed by atoms with E-state index in [9.17, 15) is 13.6 Å². The van der Waals surface area contributed by atoms with E-state index in [0.29, 0.717) is 5.56 Å².